The maximum atomic E-state index is 13.2. The van der Waals surface area contributed by atoms with Crippen molar-refractivity contribution in [2.24, 2.45) is 0 Å². The first kappa shape index (κ1) is 23.8. The summed E-state index contributed by atoms with van der Waals surface area (Å²) in [6, 6.07) is 5.23. The van der Waals surface area contributed by atoms with Gasteiger partial charge in [-0.05, 0) is 19.4 Å². The van der Waals surface area contributed by atoms with E-state index in [9.17, 15) is 8.42 Å². The average Bonchev–Trinajstić information content (AvgIpc) is 3.17. The van der Waals surface area contributed by atoms with Crippen molar-refractivity contribution in [2.75, 3.05) is 18.9 Å². The molecule has 0 radical (unpaired) electrons. The van der Waals surface area contributed by atoms with Crippen molar-refractivity contribution in [1.82, 2.24) is 29.7 Å². The summed E-state index contributed by atoms with van der Waals surface area (Å²) >= 11 is 5.83. The highest BCUT2D eigenvalue weighted by atomic mass is 35.5. The highest BCUT2D eigenvalue weighted by molar-refractivity contribution is 7.93. The van der Waals surface area contributed by atoms with E-state index in [-0.39, 0.29) is 11.8 Å². The van der Waals surface area contributed by atoms with Gasteiger partial charge in [0, 0.05) is 32.1 Å². The Hall–Kier alpha value is -2.83. The number of sulfonamides is 1. The third kappa shape index (κ3) is 5.14. The fourth-order valence-corrected chi connectivity index (χ4v) is 4.26. The zero-order valence-electron chi connectivity index (χ0n) is 18.1. The summed E-state index contributed by atoms with van der Waals surface area (Å²) in [5.74, 6) is 1.10. The molecule has 3 rings (SSSR count). The van der Waals surface area contributed by atoms with Gasteiger partial charge in [0.05, 0.1) is 12.1 Å². The topological polar surface area (TPSA) is 134 Å². The molecule has 0 saturated carbocycles. The van der Waals surface area contributed by atoms with Crippen molar-refractivity contribution >= 4 is 27.6 Å². The number of pyridine rings is 1. The summed E-state index contributed by atoms with van der Waals surface area (Å²) in [5.41, 5.74) is 0.508. The van der Waals surface area contributed by atoms with Crippen molar-refractivity contribution < 1.29 is 17.9 Å². The number of aromatic nitrogens is 6. The van der Waals surface area contributed by atoms with Gasteiger partial charge in [0.1, 0.15) is 17.0 Å². The van der Waals surface area contributed by atoms with Gasteiger partial charge in [-0.2, -0.15) is 0 Å². The lowest BCUT2D eigenvalue weighted by Gasteiger charge is -2.22. The average molecular weight is 482 g/mol. The molecule has 0 aliphatic rings. The number of methoxy groups -OCH3 is 2. The van der Waals surface area contributed by atoms with Gasteiger partial charge in [0.25, 0.3) is 0 Å². The van der Waals surface area contributed by atoms with Crippen molar-refractivity contribution in [1.29, 1.82) is 0 Å². The van der Waals surface area contributed by atoms with E-state index in [1.165, 1.54) is 33.5 Å². The number of nitrogens with zero attached hydrogens (tertiary/aromatic N) is 6. The predicted molar refractivity (Wildman–Crippen MR) is 119 cm³/mol. The number of nitrogens with one attached hydrogen (secondary N) is 1. The first-order valence-electron chi connectivity index (χ1n) is 9.77. The largest absolute Gasteiger partial charge is 0.481 e. The Balaban J connectivity index is 1.92. The van der Waals surface area contributed by atoms with Crippen LogP contribution in [0.5, 0.6) is 5.88 Å². The second kappa shape index (κ2) is 10.2. The van der Waals surface area contributed by atoms with Crippen LogP contribution in [0.15, 0.2) is 30.6 Å². The maximum Gasteiger partial charge on any atom is 0.240 e. The van der Waals surface area contributed by atoms with Crippen molar-refractivity contribution in [3.05, 3.63) is 41.4 Å². The number of rotatable bonds is 10. The van der Waals surface area contributed by atoms with Crippen LogP contribution in [0.25, 0.3) is 11.5 Å². The lowest BCUT2D eigenvalue weighted by molar-refractivity contribution is 0.0950. The molecule has 13 heteroatoms. The highest BCUT2D eigenvalue weighted by Crippen LogP contribution is 2.26. The smallest absolute Gasteiger partial charge is 0.240 e. The Morgan fingerprint density at radius 2 is 1.91 bits per heavy atom. The summed E-state index contributed by atoms with van der Waals surface area (Å²) in [6.45, 7) is 3.93. The van der Waals surface area contributed by atoms with E-state index < -0.39 is 21.4 Å². The van der Waals surface area contributed by atoms with Crippen LogP contribution in [0.2, 0.25) is 5.02 Å². The number of hydrogen-bond acceptors (Lipinski definition) is 9. The molecule has 3 heterocycles. The first-order valence-corrected chi connectivity index (χ1v) is 11.7. The van der Waals surface area contributed by atoms with Crippen LogP contribution in [0, 0.1) is 0 Å². The molecule has 11 nitrogen and oxygen atoms in total. The molecule has 0 aromatic carbocycles. The molecule has 0 fully saturated rings. The van der Waals surface area contributed by atoms with Gasteiger partial charge in [-0.15, -0.1) is 10.2 Å². The van der Waals surface area contributed by atoms with Crippen LogP contribution >= 0.6 is 11.6 Å². The van der Waals surface area contributed by atoms with Crippen LogP contribution < -0.4 is 9.46 Å². The maximum absolute atomic E-state index is 13.2. The van der Waals surface area contributed by atoms with E-state index in [1.807, 2.05) is 6.92 Å². The van der Waals surface area contributed by atoms with Gasteiger partial charge in [-0.1, -0.05) is 24.6 Å². The lowest BCUT2D eigenvalue weighted by Crippen LogP contribution is -2.33. The summed E-state index contributed by atoms with van der Waals surface area (Å²) in [4.78, 5) is 12.5. The van der Waals surface area contributed by atoms with E-state index in [0.717, 1.165) is 6.42 Å². The molecule has 0 saturated heterocycles. The molecule has 0 bridgehead atoms. The van der Waals surface area contributed by atoms with Gasteiger partial charge in [0.2, 0.25) is 21.9 Å². The lowest BCUT2D eigenvalue weighted by atomic mass is 10.2. The monoisotopic (exact) mass is 481 g/mol. The Labute approximate surface area is 191 Å². The van der Waals surface area contributed by atoms with Gasteiger partial charge in [0.15, 0.2) is 11.6 Å². The van der Waals surface area contributed by atoms with Crippen molar-refractivity contribution in [2.45, 2.75) is 38.2 Å². The molecule has 2 atom stereocenters. The molecule has 0 aliphatic heterocycles. The Kier molecular flexibility index (Phi) is 7.59. The quantitative estimate of drug-likeness (QED) is 0.463. The highest BCUT2D eigenvalue weighted by Gasteiger charge is 2.34. The standard InChI is InChI=1S/C19H24ClN7O4S/c1-5-9-27-18(14-7-6-8-15(23-14)30-3)24-25-19(27)26-32(28,29)12(2)16(31-4)17-21-10-13(20)11-22-17/h6-8,10-12,16H,5,9H2,1-4H3,(H,25,26)/t12-,16-/m0/s1. The molecule has 0 unspecified atom stereocenters. The van der Waals surface area contributed by atoms with Gasteiger partial charge >= 0.3 is 0 Å². The summed E-state index contributed by atoms with van der Waals surface area (Å²) in [5, 5.41) is 7.50. The zero-order valence-corrected chi connectivity index (χ0v) is 19.6. The molecule has 32 heavy (non-hydrogen) atoms. The minimum absolute atomic E-state index is 0.0743. The number of hydrogen-bond donors (Lipinski definition) is 1. The van der Waals surface area contributed by atoms with E-state index in [1.54, 1.807) is 22.8 Å². The fourth-order valence-electron chi connectivity index (χ4n) is 3.02. The minimum Gasteiger partial charge on any atom is -0.481 e. The first-order chi connectivity index (χ1) is 15.3. The van der Waals surface area contributed by atoms with Crippen molar-refractivity contribution in [3.63, 3.8) is 0 Å². The van der Waals surface area contributed by atoms with E-state index in [4.69, 9.17) is 21.1 Å². The van der Waals surface area contributed by atoms with Gasteiger partial charge < -0.3 is 9.47 Å². The normalized spacial score (nSPS) is 13.5. The third-order valence-electron chi connectivity index (χ3n) is 4.66. The van der Waals surface area contributed by atoms with E-state index in [0.29, 0.717) is 29.0 Å². The van der Waals surface area contributed by atoms with Gasteiger partial charge in [-0.3, -0.25) is 9.29 Å². The van der Waals surface area contributed by atoms with E-state index >= 15 is 0 Å². The molecule has 3 aromatic rings. The third-order valence-corrected chi connectivity index (χ3v) is 6.55. The van der Waals surface area contributed by atoms with Crippen molar-refractivity contribution in [3.8, 4) is 17.4 Å². The molecule has 0 amide bonds. The fraction of sp³-hybridized carbons (Fsp3) is 0.421. The Morgan fingerprint density at radius 3 is 2.53 bits per heavy atom. The molecular formula is C19H24ClN7O4S. The Morgan fingerprint density at radius 1 is 1.19 bits per heavy atom. The zero-order chi connectivity index (χ0) is 23.3. The second-order valence-corrected chi connectivity index (χ2v) is 9.31. The van der Waals surface area contributed by atoms with Gasteiger partial charge in [-0.25, -0.2) is 23.4 Å². The van der Waals surface area contributed by atoms with Crippen LogP contribution in [-0.4, -0.2) is 57.6 Å². The summed E-state index contributed by atoms with van der Waals surface area (Å²) in [7, 11) is -1.06. The van der Waals surface area contributed by atoms with Crippen LogP contribution in [0.4, 0.5) is 5.95 Å². The predicted octanol–water partition coefficient (Wildman–Crippen LogP) is 2.72. The second-order valence-electron chi connectivity index (χ2n) is 6.83. The van der Waals surface area contributed by atoms with Crippen LogP contribution in [0.3, 0.4) is 0 Å². The molecule has 172 valence electrons. The van der Waals surface area contributed by atoms with E-state index in [2.05, 4.69) is 29.9 Å². The summed E-state index contributed by atoms with van der Waals surface area (Å²) < 4.78 is 41.0. The SMILES string of the molecule is CCCn1c(NS(=O)(=O)[C@@H](C)[C@H](OC)c2ncc(Cl)cn2)nnc1-c1cccc(OC)n1. The Bertz CT molecular complexity index is 1150. The van der Waals surface area contributed by atoms with Crippen LogP contribution in [-0.2, 0) is 21.3 Å². The molecule has 3 aromatic heterocycles. The molecular weight excluding hydrogens is 458 g/mol. The molecule has 0 spiro atoms. The summed E-state index contributed by atoms with van der Waals surface area (Å²) in [6.07, 6.45) is 2.56. The number of anilines is 1. The minimum atomic E-state index is -3.96. The molecule has 1 N–H and O–H groups in total. The number of ether oxygens (including phenoxy) is 2. The number of halogens is 1. The van der Waals surface area contributed by atoms with Crippen LogP contribution in [0.1, 0.15) is 32.2 Å². The molecule has 0 aliphatic carbocycles.